The van der Waals surface area contributed by atoms with Crippen molar-refractivity contribution in [3.63, 3.8) is 0 Å². The highest BCUT2D eigenvalue weighted by atomic mass is 16.3. The average Bonchev–Trinajstić information content (AvgIpc) is 3.39. The zero-order valence-corrected chi connectivity index (χ0v) is 16.2. The smallest absolute Gasteiger partial charge is 0.273 e. The van der Waals surface area contributed by atoms with Gasteiger partial charge in [-0.25, -0.2) is 9.97 Å². The van der Waals surface area contributed by atoms with Crippen molar-refractivity contribution in [2.75, 3.05) is 13.1 Å². The molecule has 0 bridgehead atoms. The number of amides is 2. The standard InChI is InChI=1S/C21H23N5O3/c1-12-9-26(21(28)15-7-14-5-6-22-18(14)23-8-15)10-16(12)24-19(27)17-11-29-20(25-17)13-3-2-4-13/h5-8,11-13,16H,2-4,9-10H2,1H3,(H,22,23)(H,24,27). The summed E-state index contributed by atoms with van der Waals surface area (Å²) in [4.78, 5) is 39.0. The van der Waals surface area contributed by atoms with Gasteiger partial charge in [0.1, 0.15) is 11.9 Å². The van der Waals surface area contributed by atoms with Crippen LogP contribution in [0.2, 0.25) is 0 Å². The minimum atomic E-state index is -0.249. The molecule has 2 fully saturated rings. The van der Waals surface area contributed by atoms with E-state index in [-0.39, 0.29) is 23.8 Å². The lowest BCUT2D eigenvalue weighted by atomic mass is 9.85. The summed E-state index contributed by atoms with van der Waals surface area (Å²) < 4.78 is 5.48. The number of nitrogens with zero attached hydrogens (tertiary/aromatic N) is 3. The van der Waals surface area contributed by atoms with Gasteiger partial charge in [-0.15, -0.1) is 0 Å². The third-order valence-corrected chi connectivity index (χ3v) is 6.07. The van der Waals surface area contributed by atoms with E-state index < -0.39 is 0 Å². The molecule has 2 aliphatic rings. The van der Waals surface area contributed by atoms with Gasteiger partial charge in [-0.3, -0.25) is 9.59 Å². The SMILES string of the molecule is CC1CN(C(=O)c2cnc3[nH]ccc3c2)CC1NC(=O)c1coc(C2CCC2)n1. The molecule has 0 spiro atoms. The molecular weight excluding hydrogens is 370 g/mol. The molecule has 3 aromatic rings. The largest absolute Gasteiger partial charge is 0.448 e. The van der Waals surface area contributed by atoms with Crippen molar-refractivity contribution in [1.82, 2.24) is 25.2 Å². The molecule has 2 unspecified atom stereocenters. The second-order valence-corrected chi connectivity index (χ2v) is 8.11. The van der Waals surface area contributed by atoms with E-state index in [0.29, 0.717) is 36.2 Å². The van der Waals surface area contributed by atoms with Gasteiger partial charge in [0.25, 0.3) is 11.8 Å². The highest BCUT2D eigenvalue weighted by Crippen LogP contribution is 2.35. The van der Waals surface area contributed by atoms with Gasteiger partial charge in [-0.2, -0.15) is 0 Å². The summed E-state index contributed by atoms with van der Waals surface area (Å²) >= 11 is 0. The quantitative estimate of drug-likeness (QED) is 0.709. The molecule has 1 saturated carbocycles. The number of H-pyrrole nitrogens is 1. The normalized spacial score (nSPS) is 22.0. The minimum Gasteiger partial charge on any atom is -0.448 e. The summed E-state index contributed by atoms with van der Waals surface area (Å²) in [5, 5.41) is 3.92. The molecule has 8 nitrogen and oxygen atoms in total. The van der Waals surface area contributed by atoms with Crippen molar-refractivity contribution < 1.29 is 14.0 Å². The van der Waals surface area contributed by atoms with Gasteiger partial charge in [-0.1, -0.05) is 13.3 Å². The van der Waals surface area contributed by atoms with Crippen LogP contribution in [0.25, 0.3) is 11.0 Å². The summed E-state index contributed by atoms with van der Waals surface area (Å²) in [5.41, 5.74) is 1.62. The van der Waals surface area contributed by atoms with E-state index in [1.807, 2.05) is 19.1 Å². The fourth-order valence-corrected chi connectivity index (χ4v) is 4.04. The molecule has 4 heterocycles. The lowest BCUT2D eigenvalue weighted by Crippen LogP contribution is -2.40. The van der Waals surface area contributed by atoms with Gasteiger partial charge >= 0.3 is 0 Å². The lowest BCUT2D eigenvalue weighted by Gasteiger charge is -2.21. The van der Waals surface area contributed by atoms with Gasteiger partial charge in [0, 0.05) is 36.8 Å². The second kappa shape index (κ2) is 7.02. The number of rotatable bonds is 4. The predicted octanol–water partition coefficient (Wildman–Crippen LogP) is 2.71. The van der Waals surface area contributed by atoms with Gasteiger partial charge < -0.3 is 19.6 Å². The van der Waals surface area contributed by atoms with Gasteiger partial charge in [0.2, 0.25) is 0 Å². The number of hydrogen-bond acceptors (Lipinski definition) is 5. The maximum atomic E-state index is 12.9. The molecule has 1 saturated heterocycles. The van der Waals surface area contributed by atoms with E-state index in [1.165, 1.54) is 12.7 Å². The van der Waals surface area contributed by atoms with E-state index in [0.717, 1.165) is 23.9 Å². The maximum Gasteiger partial charge on any atom is 0.273 e. The summed E-state index contributed by atoms with van der Waals surface area (Å²) in [6, 6.07) is 3.61. The van der Waals surface area contributed by atoms with Crippen LogP contribution in [0, 0.1) is 5.92 Å². The van der Waals surface area contributed by atoms with Crippen LogP contribution in [-0.4, -0.2) is 50.8 Å². The first kappa shape index (κ1) is 17.9. The Morgan fingerprint density at radius 1 is 1.31 bits per heavy atom. The third-order valence-electron chi connectivity index (χ3n) is 6.07. The van der Waals surface area contributed by atoms with Crippen LogP contribution in [0.1, 0.15) is 58.8 Å². The zero-order chi connectivity index (χ0) is 20.0. The van der Waals surface area contributed by atoms with Crippen LogP contribution in [0.15, 0.2) is 35.2 Å². The molecule has 1 aliphatic heterocycles. The van der Waals surface area contributed by atoms with Crippen molar-refractivity contribution >= 4 is 22.8 Å². The number of pyridine rings is 1. The molecule has 2 atom stereocenters. The van der Waals surface area contributed by atoms with Crippen molar-refractivity contribution in [2.24, 2.45) is 5.92 Å². The first-order valence-corrected chi connectivity index (χ1v) is 10.1. The number of aromatic nitrogens is 3. The van der Waals surface area contributed by atoms with Crippen molar-refractivity contribution in [3.05, 3.63) is 47.9 Å². The van der Waals surface area contributed by atoms with Crippen LogP contribution < -0.4 is 5.32 Å². The zero-order valence-electron chi connectivity index (χ0n) is 16.2. The fraction of sp³-hybridized carbons (Fsp3) is 0.429. The van der Waals surface area contributed by atoms with E-state index in [2.05, 4.69) is 20.3 Å². The minimum absolute atomic E-state index is 0.0714. The van der Waals surface area contributed by atoms with Crippen LogP contribution >= 0.6 is 0 Å². The molecular formula is C21H23N5O3. The van der Waals surface area contributed by atoms with Crippen molar-refractivity contribution in [2.45, 2.75) is 38.1 Å². The average molecular weight is 393 g/mol. The summed E-state index contributed by atoms with van der Waals surface area (Å²) in [6.07, 6.45) is 8.15. The lowest BCUT2D eigenvalue weighted by molar-refractivity contribution is 0.0780. The maximum absolute atomic E-state index is 12.9. The summed E-state index contributed by atoms with van der Waals surface area (Å²) in [6.45, 7) is 3.08. The Morgan fingerprint density at radius 3 is 2.97 bits per heavy atom. The highest BCUT2D eigenvalue weighted by molar-refractivity contribution is 5.97. The van der Waals surface area contributed by atoms with Gasteiger partial charge in [0.15, 0.2) is 11.6 Å². The van der Waals surface area contributed by atoms with E-state index in [9.17, 15) is 9.59 Å². The number of oxazole rings is 1. The molecule has 1 aliphatic carbocycles. The monoisotopic (exact) mass is 393 g/mol. The molecule has 0 aromatic carbocycles. The molecule has 0 radical (unpaired) electrons. The Balaban J connectivity index is 1.24. The first-order valence-electron chi connectivity index (χ1n) is 10.1. The van der Waals surface area contributed by atoms with Gasteiger partial charge in [0.05, 0.1) is 11.6 Å². The Kier molecular flexibility index (Phi) is 4.34. The van der Waals surface area contributed by atoms with Crippen molar-refractivity contribution in [1.29, 1.82) is 0 Å². The Bertz CT molecular complexity index is 1070. The van der Waals surface area contributed by atoms with E-state index >= 15 is 0 Å². The molecule has 8 heteroatoms. The Labute approximate surface area is 167 Å². The van der Waals surface area contributed by atoms with Gasteiger partial charge in [-0.05, 0) is 30.9 Å². The predicted molar refractivity (Wildman–Crippen MR) is 106 cm³/mol. The van der Waals surface area contributed by atoms with Crippen LogP contribution in [0.3, 0.4) is 0 Å². The van der Waals surface area contributed by atoms with Crippen LogP contribution in [0.5, 0.6) is 0 Å². The molecule has 2 amide bonds. The topological polar surface area (TPSA) is 104 Å². The van der Waals surface area contributed by atoms with Crippen LogP contribution in [0.4, 0.5) is 0 Å². The molecule has 150 valence electrons. The number of nitrogens with one attached hydrogen (secondary N) is 2. The second-order valence-electron chi connectivity index (χ2n) is 8.11. The molecule has 29 heavy (non-hydrogen) atoms. The Hall–Kier alpha value is -3.16. The summed E-state index contributed by atoms with van der Waals surface area (Å²) in [7, 11) is 0. The van der Waals surface area contributed by atoms with Crippen LogP contribution in [-0.2, 0) is 0 Å². The highest BCUT2D eigenvalue weighted by Gasteiger charge is 2.35. The number of likely N-dealkylation sites (tertiary alicyclic amines) is 1. The Morgan fingerprint density at radius 2 is 2.17 bits per heavy atom. The number of aromatic amines is 1. The molecule has 2 N–H and O–H groups in total. The molecule has 5 rings (SSSR count). The fourth-order valence-electron chi connectivity index (χ4n) is 4.04. The number of fused-ring (bicyclic) bond motifs is 1. The third kappa shape index (κ3) is 3.28. The number of hydrogen-bond donors (Lipinski definition) is 2. The van der Waals surface area contributed by atoms with Crippen molar-refractivity contribution in [3.8, 4) is 0 Å². The summed E-state index contributed by atoms with van der Waals surface area (Å²) in [5.74, 6) is 0.829. The van der Waals surface area contributed by atoms with E-state index in [4.69, 9.17) is 4.42 Å². The number of carbonyl (C=O) groups is 2. The van der Waals surface area contributed by atoms with E-state index in [1.54, 1.807) is 17.3 Å². The molecule has 3 aromatic heterocycles. The number of carbonyl (C=O) groups excluding carboxylic acids is 2. The first-order chi connectivity index (χ1) is 14.1.